The van der Waals surface area contributed by atoms with E-state index < -0.39 is 0 Å². The molecule has 0 atom stereocenters. The molecule has 0 unspecified atom stereocenters. The molecule has 0 aliphatic carbocycles. The van der Waals surface area contributed by atoms with Crippen molar-refractivity contribution >= 4 is 28.7 Å². The highest BCUT2D eigenvalue weighted by molar-refractivity contribution is 7.98. The molecule has 1 aromatic heterocycles. The van der Waals surface area contributed by atoms with Crippen molar-refractivity contribution in [1.29, 1.82) is 0 Å². The Balaban J connectivity index is 1.72. The summed E-state index contributed by atoms with van der Waals surface area (Å²) in [5.41, 5.74) is 3.42. The number of hydrogen-bond donors (Lipinski definition) is 0. The molecule has 0 amide bonds. The Morgan fingerprint density at radius 3 is 2.41 bits per heavy atom. The predicted octanol–water partition coefficient (Wildman–Crippen LogP) is 5.03. The average Bonchev–Trinajstić information content (AvgIpc) is 3.11. The van der Waals surface area contributed by atoms with Crippen LogP contribution in [0.3, 0.4) is 0 Å². The number of benzene rings is 3. The van der Waals surface area contributed by atoms with Gasteiger partial charge in [0.1, 0.15) is 5.75 Å². The van der Waals surface area contributed by atoms with Crippen LogP contribution in [-0.4, -0.2) is 22.6 Å². The molecule has 0 aliphatic rings. The molecule has 1 heterocycles. The summed E-state index contributed by atoms with van der Waals surface area (Å²) >= 11 is 1.56. The third kappa shape index (κ3) is 3.59. The lowest BCUT2D eigenvalue weighted by Gasteiger charge is -2.08. The molecule has 4 nitrogen and oxygen atoms in total. The molecule has 0 spiro atoms. The molecule has 134 valence electrons. The van der Waals surface area contributed by atoms with Gasteiger partial charge in [-0.15, -0.1) is 0 Å². The second kappa shape index (κ2) is 7.68. The van der Waals surface area contributed by atoms with Crippen LogP contribution in [-0.2, 0) is 5.75 Å². The zero-order chi connectivity index (χ0) is 18.6. The van der Waals surface area contributed by atoms with Gasteiger partial charge in [-0.2, -0.15) is 0 Å². The number of nitrogens with zero attached hydrogens (tertiary/aromatic N) is 2. The topological polar surface area (TPSA) is 44.1 Å². The van der Waals surface area contributed by atoms with Crippen molar-refractivity contribution in [3.63, 3.8) is 0 Å². The van der Waals surface area contributed by atoms with E-state index in [1.54, 1.807) is 47.7 Å². The molecule has 0 aliphatic heterocycles. The van der Waals surface area contributed by atoms with Crippen LogP contribution < -0.4 is 4.74 Å². The summed E-state index contributed by atoms with van der Waals surface area (Å²) in [6, 6.07) is 25.0. The lowest BCUT2D eigenvalue weighted by atomic mass is 10.2. The fourth-order valence-corrected chi connectivity index (χ4v) is 3.84. The van der Waals surface area contributed by atoms with Crippen LogP contribution in [0.1, 0.15) is 15.9 Å². The van der Waals surface area contributed by atoms with Crippen molar-refractivity contribution in [2.24, 2.45) is 0 Å². The SMILES string of the molecule is COc1ccc(C(=O)n2c(SCc3ccccc3)nc3ccccc32)cc1. The summed E-state index contributed by atoms with van der Waals surface area (Å²) in [7, 11) is 1.61. The molecule has 0 bridgehead atoms. The Hall–Kier alpha value is -3.05. The van der Waals surface area contributed by atoms with Crippen molar-refractivity contribution in [2.45, 2.75) is 10.9 Å². The van der Waals surface area contributed by atoms with E-state index in [4.69, 9.17) is 4.74 Å². The van der Waals surface area contributed by atoms with Crippen molar-refractivity contribution in [1.82, 2.24) is 9.55 Å². The zero-order valence-electron chi connectivity index (χ0n) is 14.8. The Morgan fingerprint density at radius 2 is 1.67 bits per heavy atom. The average molecular weight is 374 g/mol. The maximum atomic E-state index is 13.2. The summed E-state index contributed by atoms with van der Waals surface area (Å²) in [4.78, 5) is 17.9. The number of fused-ring (bicyclic) bond motifs is 1. The third-order valence-electron chi connectivity index (χ3n) is 4.28. The third-order valence-corrected chi connectivity index (χ3v) is 5.29. The molecule has 0 radical (unpaired) electrons. The maximum Gasteiger partial charge on any atom is 0.264 e. The monoisotopic (exact) mass is 374 g/mol. The van der Waals surface area contributed by atoms with Gasteiger partial charge in [0.15, 0.2) is 5.16 Å². The predicted molar refractivity (Wildman–Crippen MR) is 108 cm³/mol. The molecule has 0 fully saturated rings. The van der Waals surface area contributed by atoms with E-state index >= 15 is 0 Å². The number of ether oxygens (including phenoxy) is 1. The normalized spacial score (nSPS) is 10.9. The first-order chi connectivity index (χ1) is 13.3. The van der Waals surface area contributed by atoms with Crippen molar-refractivity contribution in [3.8, 4) is 5.75 Å². The molecule has 0 saturated carbocycles. The van der Waals surface area contributed by atoms with Crippen LogP contribution in [0.2, 0.25) is 0 Å². The van der Waals surface area contributed by atoms with Gasteiger partial charge in [-0.05, 0) is 42.0 Å². The van der Waals surface area contributed by atoms with E-state index in [2.05, 4.69) is 17.1 Å². The molecular weight excluding hydrogens is 356 g/mol. The van der Waals surface area contributed by atoms with Gasteiger partial charge in [-0.3, -0.25) is 9.36 Å². The molecule has 4 rings (SSSR count). The highest BCUT2D eigenvalue weighted by Gasteiger charge is 2.18. The zero-order valence-corrected chi connectivity index (χ0v) is 15.6. The first kappa shape index (κ1) is 17.4. The number of aromatic nitrogens is 2. The minimum atomic E-state index is -0.0954. The molecular formula is C22H18N2O2S. The number of thioether (sulfide) groups is 1. The molecule has 3 aromatic carbocycles. The van der Waals surface area contributed by atoms with E-state index in [1.807, 2.05) is 42.5 Å². The van der Waals surface area contributed by atoms with Gasteiger partial charge in [0.2, 0.25) is 0 Å². The number of methoxy groups -OCH3 is 1. The summed E-state index contributed by atoms with van der Waals surface area (Å²) in [6.45, 7) is 0. The van der Waals surface area contributed by atoms with Crippen molar-refractivity contribution in [2.75, 3.05) is 7.11 Å². The fourth-order valence-electron chi connectivity index (χ4n) is 2.88. The summed E-state index contributed by atoms with van der Waals surface area (Å²) in [6.07, 6.45) is 0. The van der Waals surface area contributed by atoms with Gasteiger partial charge >= 0.3 is 0 Å². The Labute approximate surface area is 161 Å². The van der Waals surface area contributed by atoms with Crippen LogP contribution in [0.5, 0.6) is 5.75 Å². The van der Waals surface area contributed by atoms with Gasteiger partial charge in [0, 0.05) is 11.3 Å². The van der Waals surface area contributed by atoms with Crippen LogP contribution in [0.15, 0.2) is 84.0 Å². The maximum absolute atomic E-state index is 13.2. The number of para-hydroxylation sites is 2. The van der Waals surface area contributed by atoms with Crippen molar-refractivity contribution in [3.05, 3.63) is 90.0 Å². The van der Waals surface area contributed by atoms with E-state index in [-0.39, 0.29) is 5.91 Å². The second-order valence-electron chi connectivity index (χ2n) is 6.03. The Kier molecular flexibility index (Phi) is 4.94. The summed E-state index contributed by atoms with van der Waals surface area (Å²) < 4.78 is 6.89. The number of imidazole rings is 1. The molecule has 5 heteroatoms. The van der Waals surface area contributed by atoms with E-state index in [9.17, 15) is 4.79 Å². The minimum absolute atomic E-state index is 0.0954. The Bertz CT molecular complexity index is 1070. The van der Waals surface area contributed by atoms with E-state index in [0.717, 1.165) is 22.5 Å². The van der Waals surface area contributed by atoms with E-state index in [0.29, 0.717) is 10.7 Å². The largest absolute Gasteiger partial charge is 0.497 e. The van der Waals surface area contributed by atoms with Gasteiger partial charge in [-0.25, -0.2) is 4.98 Å². The smallest absolute Gasteiger partial charge is 0.264 e. The first-order valence-electron chi connectivity index (χ1n) is 8.59. The minimum Gasteiger partial charge on any atom is -0.497 e. The number of carbonyl (C=O) groups excluding carboxylic acids is 1. The second-order valence-corrected chi connectivity index (χ2v) is 6.97. The van der Waals surface area contributed by atoms with Gasteiger partial charge in [0.05, 0.1) is 18.1 Å². The number of hydrogen-bond acceptors (Lipinski definition) is 4. The highest BCUT2D eigenvalue weighted by atomic mass is 32.2. The van der Waals surface area contributed by atoms with Crippen LogP contribution in [0, 0.1) is 0 Å². The summed E-state index contributed by atoms with van der Waals surface area (Å²) in [5, 5.41) is 0.695. The van der Waals surface area contributed by atoms with Gasteiger partial charge < -0.3 is 4.74 Å². The van der Waals surface area contributed by atoms with Crippen LogP contribution in [0.4, 0.5) is 0 Å². The quantitative estimate of drug-likeness (QED) is 0.460. The molecule has 0 N–H and O–H groups in total. The Morgan fingerprint density at radius 1 is 0.963 bits per heavy atom. The lowest BCUT2D eigenvalue weighted by Crippen LogP contribution is -2.13. The molecule has 27 heavy (non-hydrogen) atoms. The first-order valence-corrected chi connectivity index (χ1v) is 9.58. The van der Waals surface area contributed by atoms with Gasteiger partial charge in [-0.1, -0.05) is 54.2 Å². The van der Waals surface area contributed by atoms with Crippen LogP contribution >= 0.6 is 11.8 Å². The molecule has 0 saturated heterocycles. The van der Waals surface area contributed by atoms with Crippen molar-refractivity contribution < 1.29 is 9.53 Å². The van der Waals surface area contributed by atoms with Crippen LogP contribution in [0.25, 0.3) is 11.0 Å². The standard InChI is InChI=1S/C22H18N2O2S/c1-26-18-13-11-17(12-14-18)21(25)24-20-10-6-5-9-19(20)23-22(24)27-15-16-7-3-2-4-8-16/h2-14H,15H2,1H3. The fraction of sp³-hybridized carbons (Fsp3) is 0.0909. The summed E-state index contributed by atoms with van der Waals surface area (Å²) in [5.74, 6) is 1.38. The number of carbonyl (C=O) groups is 1. The van der Waals surface area contributed by atoms with E-state index in [1.165, 1.54) is 5.56 Å². The number of rotatable bonds is 5. The lowest BCUT2D eigenvalue weighted by molar-refractivity contribution is 0.0955. The highest BCUT2D eigenvalue weighted by Crippen LogP contribution is 2.28. The van der Waals surface area contributed by atoms with Gasteiger partial charge in [0.25, 0.3) is 5.91 Å². The molecule has 4 aromatic rings.